The number of primary amides is 1. The number of carbonyl (C=O) groups excluding carboxylic acids is 4. The molecule has 10 nitrogen and oxygen atoms in total. The smallest absolute Gasteiger partial charge is 0.408 e. The number of nitriles is 1. The Labute approximate surface area is 225 Å². The van der Waals surface area contributed by atoms with Gasteiger partial charge in [-0.15, -0.1) is 0 Å². The Morgan fingerprint density at radius 2 is 1.71 bits per heavy atom. The summed E-state index contributed by atoms with van der Waals surface area (Å²) in [6.07, 6.45) is 3.67. The molecule has 1 aliphatic carbocycles. The zero-order valence-corrected chi connectivity index (χ0v) is 23.1. The molecule has 0 aromatic heterocycles. The van der Waals surface area contributed by atoms with Gasteiger partial charge < -0.3 is 26.0 Å². The Kier molecular flexibility index (Phi) is 11.1. The van der Waals surface area contributed by atoms with Crippen LogP contribution in [0.1, 0.15) is 88.4 Å². The molecular formula is C28H41N5O5. The second-order valence-electron chi connectivity index (χ2n) is 11.0. The van der Waals surface area contributed by atoms with Crippen molar-refractivity contribution in [3.05, 3.63) is 34.9 Å². The Hall–Kier alpha value is -3.61. The van der Waals surface area contributed by atoms with Crippen molar-refractivity contribution in [1.82, 2.24) is 15.5 Å². The van der Waals surface area contributed by atoms with Crippen LogP contribution in [0.25, 0.3) is 0 Å². The van der Waals surface area contributed by atoms with Gasteiger partial charge in [0, 0.05) is 12.5 Å². The van der Waals surface area contributed by atoms with Gasteiger partial charge in [-0.1, -0.05) is 48.6 Å². The second kappa shape index (κ2) is 13.8. The van der Waals surface area contributed by atoms with E-state index in [0.717, 1.165) is 48.1 Å². The predicted octanol–water partition coefficient (Wildman–Crippen LogP) is 3.30. The lowest BCUT2D eigenvalue weighted by molar-refractivity contribution is -0.142. The summed E-state index contributed by atoms with van der Waals surface area (Å²) < 4.78 is 5.31. The topological polar surface area (TPSA) is 155 Å². The number of nitrogens with zero attached hydrogens (tertiary/aromatic N) is 2. The first-order chi connectivity index (χ1) is 17.8. The Morgan fingerprint density at radius 1 is 1.11 bits per heavy atom. The fraction of sp³-hybridized carbons (Fsp3) is 0.607. The molecule has 2 unspecified atom stereocenters. The van der Waals surface area contributed by atoms with E-state index in [1.165, 1.54) is 0 Å². The van der Waals surface area contributed by atoms with Crippen molar-refractivity contribution in [3.63, 3.8) is 0 Å². The van der Waals surface area contributed by atoms with Crippen molar-refractivity contribution in [2.75, 3.05) is 6.54 Å². The van der Waals surface area contributed by atoms with Crippen molar-refractivity contribution in [2.24, 2.45) is 5.73 Å². The van der Waals surface area contributed by atoms with E-state index in [1.54, 1.807) is 20.8 Å². The molecule has 0 spiro atoms. The van der Waals surface area contributed by atoms with Crippen LogP contribution in [-0.2, 0) is 19.1 Å². The highest BCUT2D eigenvalue weighted by atomic mass is 16.6. The van der Waals surface area contributed by atoms with E-state index < -0.39 is 48.0 Å². The Bertz CT molecular complexity index is 1030. The molecular weight excluding hydrogens is 486 g/mol. The largest absolute Gasteiger partial charge is 0.444 e. The van der Waals surface area contributed by atoms with Gasteiger partial charge in [0.2, 0.25) is 17.7 Å². The summed E-state index contributed by atoms with van der Waals surface area (Å²) in [5.74, 6) is -1.72. The number of hydrogen-bond donors (Lipinski definition) is 3. The highest BCUT2D eigenvalue weighted by Crippen LogP contribution is 2.27. The highest BCUT2D eigenvalue weighted by molar-refractivity contribution is 5.92. The van der Waals surface area contributed by atoms with Crippen LogP contribution in [0, 0.1) is 25.2 Å². The standard InChI is InChI=1S/C28H41N5O5/c1-18-15-19(2)17-20(16-18)24(25(35)31-21-9-7-6-8-10-21)33(14-13-29)26(36)22(11-12-23(30)34)32-27(37)38-28(3,4)5/h15-17,21-22,24H,6-12,14H2,1-5H3,(H2,30,34)(H,31,35)(H,32,37). The van der Waals surface area contributed by atoms with Gasteiger partial charge in [-0.25, -0.2) is 4.79 Å². The van der Waals surface area contributed by atoms with Crippen LogP contribution in [0.3, 0.4) is 0 Å². The summed E-state index contributed by atoms with van der Waals surface area (Å²) in [5.41, 5.74) is 6.86. The predicted molar refractivity (Wildman–Crippen MR) is 143 cm³/mol. The molecule has 4 N–H and O–H groups in total. The zero-order valence-electron chi connectivity index (χ0n) is 23.1. The molecule has 1 aromatic carbocycles. The maximum atomic E-state index is 13.9. The minimum absolute atomic E-state index is 0.0192. The number of amides is 4. The summed E-state index contributed by atoms with van der Waals surface area (Å²) in [4.78, 5) is 52.9. The molecule has 0 bridgehead atoms. The SMILES string of the molecule is Cc1cc(C)cc(C(C(=O)NC2CCCCC2)N(CC#N)C(=O)C(CCC(N)=O)NC(=O)OC(C)(C)C)c1. The van der Waals surface area contributed by atoms with Gasteiger partial charge in [-0.2, -0.15) is 5.26 Å². The number of aryl methyl sites for hydroxylation is 2. The minimum atomic E-state index is -1.23. The second-order valence-corrected chi connectivity index (χ2v) is 11.0. The number of nitrogens with two attached hydrogens (primary N) is 1. The first-order valence-electron chi connectivity index (χ1n) is 13.1. The average Bonchev–Trinajstić information content (AvgIpc) is 2.79. The van der Waals surface area contributed by atoms with Gasteiger partial charge in [0.15, 0.2) is 0 Å². The van der Waals surface area contributed by atoms with E-state index in [1.807, 2.05) is 38.1 Å². The molecule has 0 heterocycles. The molecule has 208 valence electrons. The third-order valence-electron chi connectivity index (χ3n) is 6.26. The molecule has 2 atom stereocenters. The summed E-state index contributed by atoms with van der Waals surface area (Å²) in [7, 11) is 0. The van der Waals surface area contributed by atoms with E-state index in [-0.39, 0.29) is 18.9 Å². The van der Waals surface area contributed by atoms with Crippen LogP contribution in [0.2, 0.25) is 0 Å². The molecule has 4 amide bonds. The number of benzene rings is 1. The van der Waals surface area contributed by atoms with E-state index in [9.17, 15) is 24.4 Å². The number of nitrogens with one attached hydrogen (secondary N) is 2. The van der Waals surface area contributed by atoms with Crippen molar-refractivity contribution < 1.29 is 23.9 Å². The lowest BCUT2D eigenvalue weighted by Crippen LogP contribution is -2.54. The van der Waals surface area contributed by atoms with Gasteiger partial charge in [0.1, 0.15) is 24.2 Å². The molecule has 38 heavy (non-hydrogen) atoms. The molecule has 10 heteroatoms. The third kappa shape index (κ3) is 9.69. The van der Waals surface area contributed by atoms with Crippen LogP contribution >= 0.6 is 0 Å². The van der Waals surface area contributed by atoms with Crippen LogP contribution in [0.4, 0.5) is 4.79 Å². The van der Waals surface area contributed by atoms with E-state index in [2.05, 4.69) is 10.6 Å². The fourth-order valence-electron chi connectivity index (χ4n) is 4.73. The summed E-state index contributed by atoms with van der Waals surface area (Å²) in [6.45, 7) is 8.42. The maximum absolute atomic E-state index is 13.9. The number of ether oxygens (including phenoxy) is 1. The molecule has 1 fully saturated rings. The number of hydrogen-bond acceptors (Lipinski definition) is 6. The van der Waals surface area contributed by atoms with Crippen molar-refractivity contribution >= 4 is 23.8 Å². The van der Waals surface area contributed by atoms with Gasteiger partial charge in [0.05, 0.1) is 6.07 Å². The molecule has 0 radical (unpaired) electrons. The van der Waals surface area contributed by atoms with E-state index >= 15 is 0 Å². The first kappa shape index (κ1) is 30.6. The lowest BCUT2D eigenvalue weighted by Gasteiger charge is -2.34. The average molecular weight is 528 g/mol. The van der Waals surface area contributed by atoms with Crippen molar-refractivity contribution in [1.29, 1.82) is 5.26 Å². The van der Waals surface area contributed by atoms with Crippen molar-refractivity contribution in [2.45, 2.75) is 103 Å². The van der Waals surface area contributed by atoms with E-state index in [0.29, 0.717) is 5.56 Å². The quantitative estimate of drug-likeness (QED) is 0.397. The summed E-state index contributed by atoms with van der Waals surface area (Å²) >= 11 is 0. The van der Waals surface area contributed by atoms with Crippen LogP contribution < -0.4 is 16.4 Å². The summed E-state index contributed by atoms with van der Waals surface area (Å²) in [6, 6.07) is 5.21. The van der Waals surface area contributed by atoms with Gasteiger partial charge in [-0.3, -0.25) is 14.4 Å². The molecule has 0 saturated heterocycles. The molecule has 2 rings (SSSR count). The Morgan fingerprint density at radius 3 is 2.24 bits per heavy atom. The fourth-order valence-corrected chi connectivity index (χ4v) is 4.73. The van der Waals surface area contributed by atoms with Crippen LogP contribution in [0.15, 0.2) is 18.2 Å². The van der Waals surface area contributed by atoms with Crippen LogP contribution in [-0.4, -0.2) is 52.9 Å². The maximum Gasteiger partial charge on any atom is 0.408 e. The summed E-state index contributed by atoms with van der Waals surface area (Å²) in [5, 5.41) is 15.3. The monoisotopic (exact) mass is 527 g/mol. The van der Waals surface area contributed by atoms with E-state index in [4.69, 9.17) is 10.5 Å². The molecule has 1 aromatic rings. The molecule has 1 saturated carbocycles. The van der Waals surface area contributed by atoms with Gasteiger partial charge in [0.25, 0.3) is 0 Å². The number of carbonyl (C=O) groups is 4. The minimum Gasteiger partial charge on any atom is -0.444 e. The van der Waals surface area contributed by atoms with Gasteiger partial charge >= 0.3 is 6.09 Å². The van der Waals surface area contributed by atoms with Crippen molar-refractivity contribution in [3.8, 4) is 6.07 Å². The highest BCUT2D eigenvalue weighted by Gasteiger charge is 2.37. The zero-order chi connectivity index (χ0) is 28.5. The molecule has 0 aliphatic heterocycles. The third-order valence-corrected chi connectivity index (χ3v) is 6.26. The lowest BCUT2D eigenvalue weighted by atomic mass is 9.94. The normalized spacial score (nSPS) is 15.5. The van der Waals surface area contributed by atoms with Gasteiger partial charge in [-0.05, 0) is 59.4 Å². The first-order valence-corrected chi connectivity index (χ1v) is 13.1. The molecule has 1 aliphatic rings. The Balaban J connectivity index is 2.48. The number of rotatable bonds is 10. The number of alkyl carbamates (subject to hydrolysis) is 1. The van der Waals surface area contributed by atoms with Crippen LogP contribution in [0.5, 0.6) is 0 Å².